The highest BCUT2D eigenvalue weighted by molar-refractivity contribution is 9.10. The third-order valence-electron chi connectivity index (χ3n) is 3.41. The Balaban J connectivity index is 2.07. The predicted molar refractivity (Wildman–Crippen MR) is 97.2 cm³/mol. The molecule has 132 valence electrons. The van der Waals surface area contributed by atoms with Gasteiger partial charge in [0.1, 0.15) is 11.5 Å². The highest BCUT2D eigenvalue weighted by Crippen LogP contribution is 2.25. The minimum Gasteiger partial charge on any atom is -0.497 e. The van der Waals surface area contributed by atoms with Crippen molar-refractivity contribution < 1.29 is 23.8 Å². The number of nitrogens with one attached hydrogen (secondary N) is 1. The van der Waals surface area contributed by atoms with E-state index in [1.165, 1.54) is 27.2 Å². The van der Waals surface area contributed by atoms with E-state index in [2.05, 4.69) is 21.2 Å². The van der Waals surface area contributed by atoms with Crippen LogP contribution < -0.4 is 14.8 Å². The molecule has 0 spiro atoms. The number of amides is 1. The molecule has 1 amide bonds. The average molecular weight is 408 g/mol. The maximum Gasteiger partial charge on any atom is 0.340 e. The highest BCUT2D eigenvalue weighted by atomic mass is 79.9. The Morgan fingerprint density at radius 3 is 2.48 bits per heavy atom. The molecule has 0 aliphatic carbocycles. The smallest absolute Gasteiger partial charge is 0.340 e. The number of hydrogen-bond donors (Lipinski definition) is 1. The second-order valence-corrected chi connectivity index (χ2v) is 5.94. The number of carbonyl (C=O) groups excluding carboxylic acids is 2. The van der Waals surface area contributed by atoms with Crippen LogP contribution >= 0.6 is 15.9 Å². The molecule has 0 saturated carbocycles. The van der Waals surface area contributed by atoms with E-state index in [1.54, 1.807) is 36.4 Å². The van der Waals surface area contributed by atoms with Crippen LogP contribution in [-0.2, 0) is 9.53 Å². The van der Waals surface area contributed by atoms with Crippen molar-refractivity contribution >= 4 is 33.5 Å². The first-order valence-electron chi connectivity index (χ1n) is 7.44. The lowest BCUT2D eigenvalue weighted by Gasteiger charge is -2.15. The van der Waals surface area contributed by atoms with Gasteiger partial charge >= 0.3 is 5.97 Å². The summed E-state index contributed by atoms with van der Waals surface area (Å²) in [6, 6.07) is 11.9. The van der Waals surface area contributed by atoms with Crippen LogP contribution in [0.25, 0.3) is 0 Å². The molecule has 0 bridgehead atoms. The molecule has 1 atom stereocenters. The van der Waals surface area contributed by atoms with E-state index in [4.69, 9.17) is 14.2 Å². The Morgan fingerprint density at radius 1 is 1.08 bits per heavy atom. The number of anilines is 1. The van der Waals surface area contributed by atoms with E-state index in [0.717, 1.165) is 0 Å². The number of halogens is 1. The van der Waals surface area contributed by atoms with Crippen molar-refractivity contribution in [3.8, 4) is 11.5 Å². The topological polar surface area (TPSA) is 73.9 Å². The van der Waals surface area contributed by atoms with Gasteiger partial charge in [-0.15, -0.1) is 0 Å². The first-order chi connectivity index (χ1) is 12.0. The Morgan fingerprint density at radius 2 is 1.80 bits per heavy atom. The van der Waals surface area contributed by atoms with Crippen molar-refractivity contribution in [2.24, 2.45) is 0 Å². The van der Waals surface area contributed by atoms with Gasteiger partial charge in [-0.3, -0.25) is 4.79 Å². The summed E-state index contributed by atoms with van der Waals surface area (Å²) in [7, 11) is 3.01. The minimum atomic E-state index is -0.990. The van der Waals surface area contributed by atoms with Crippen molar-refractivity contribution in [3.05, 3.63) is 52.5 Å². The highest BCUT2D eigenvalue weighted by Gasteiger charge is 2.21. The molecule has 2 aromatic carbocycles. The van der Waals surface area contributed by atoms with Crippen LogP contribution in [0, 0.1) is 0 Å². The van der Waals surface area contributed by atoms with Gasteiger partial charge in [-0.2, -0.15) is 0 Å². The van der Waals surface area contributed by atoms with Crippen molar-refractivity contribution in [3.63, 3.8) is 0 Å². The lowest BCUT2D eigenvalue weighted by atomic mass is 10.2. The summed E-state index contributed by atoms with van der Waals surface area (Å²) in [5.74, 6) is -0.0588. The Kier molecular flexibility index (Phi) is 6.41. The first-order valence-corrected chi connectivity index (χ1v) is 8.24. The van der Waals surface area contributed by atoms with E-state index in [-0.39, 0.29) is 5.56 Å². The zero-order valence-electron chi connectivity index (χ0n) is 14.0. The van der Waals surface area contributed by atoms with Gasteiger partial charge in [0.2, 0.25) is 0 Å². The van der Waals surface area contributed by atoms with Crippen LogP contribution in [0.4, 0.5) is 5.69 Å². The Labute approximate surface area is 154 Å². The molecular weight excluding hydrogens is 390 g/mol. The number of benzene rings is 2. The zero-order chi connectivity index (χ0) is 18.4. The molecule has 0 saturated heterocycles. The van der Waals surface area contributed by atoms with Crippen LogP contribution in [0.5, 0.6) is 11.5 Å². The lowest BCUT2D eigenvalue weighted by molar-refractivity contribution is -0.123. The molecule has 2 aromatic rings. The second-order valence-electron chi connectivity index (χ2n) is 5.08. The molecule has 0 aliphatic rings. The van der Waals surface area contributed by atoms with Gasteiger partial charge in [-0.05, 0) is 53.2 Å². The second kappa shape index (κ2) is 8.53. The first kappa shape index (κ1) is 18.8. The van der Waals surface area contributed by atoms with Gasteiger partial charge in [0.05, 0.1) is 25.5 Å². The fraction of sp³-hybridized carbons (Fsp3) is 0.222. The van der Waals surface area contributed by atoms with Crippen LogP contribution in [0.1, 0.15) is 17.3 Å². The summed E-state index contributed by atoms with van der Waals surface area (Å²) in [5.41, 5.74) is 0.775. The number of ether oxygens (including phenoxy) is 3. The molecule has 0 heterocycles. The van der Waals surface area contributed by atoms with E-state index in [1.807, 2.05) is 0 Å². The largest absolute Gasteiger partial charge is 0.497 e. The van der Waals surface area contributed by atoms with Crippen molar-refractivity contribution in [2.45, 2.75) is 13.0 Å². The van der Waals surface area contributed by atoms with Crippen LogP contribution in [-0.4, -0.2) is 32.2 Å². The molecule has 6 nitrogen and oxygen atoms in total. The van der Waals surface area contributed by atoms with Crippen molar-refractivity contribution in [1.29, 1.82) is 0 Å². The Hall–Kier alpha value is -2.54. The number of methoxy groups -OCH3 is 2. The standard InChI is InChI=1S/C18H18BrNO5/c1-11(17(21)20-15-6-4-5-7-16(15)24-3)25-18(22)13-10-12(23-2)8-9-14(13)19/h4-11H,1-3H3,(H,20,21)/t11-/m1/s1. The molecule has 7 heteroatoms. The average Bonchev–Trinajstić information content (AvgIpc) is 2.62. The number of esters is 1. The predicted octanol–water partition coefficient (Wildman–Crippen LogP) is 3.65. The molecule has 0 aromatic heterocycles. The normalized spacial score (nSPS) is 11.4. The summed E-state index contributed by atoms with van der Waals surface area (Å²) >= 11 is 3.29. The maximum atomic E-state index is 12.3. The van der Waals surface area contributed by atoms with E-state index < -0.39 is 18.0 Å². The molecule has 0 aliphatic heterocycles. The quantitative estimate of drug-likeness (QED) is 0.739. The third-order valence-corrected chi connectivity index (χ3v) is 4.10. The molecular formula is C18H18BrNO5. The number of hydrogen-bond acceptors (Lipinski definition) is 5. The molecule has 1 N–H and O–H groups in total. The van der Waals surface area contributed by atoms with Gasteiger partial charge in [0, 0.05) is 4.47 Å². The van der Waals surface area contributed by atoms with E-state index in [0.29, 0.717) is 21.7 Å². The van der Waals surface area contributed by atoms with E-state index >= 15 is 0 Å². The monoisotopic (exact) mass is 407 g/mol. The molecule has 0 fully saturated rings. The van der Waals surface area contributed by atoms with E-state index in [9.17, 15) is 9.59 Å². The fourth-order valence-corrected chi connectivity index (χ4v) is 2.46. The van der Waals surface area contributed by atoms with Crippen LogP contribution in [0.15, 0.2) is 46.9 Å². The molecule has 25 heavy (non-hydrogen) atoms. The zero-order valence-corrected chi connectivity index (χ0v) is 15.6. The summed E-state index contributed by atoms with van der Waals surface area (Å²) in [6.45, 7) is 1.50. The molecule has 2 rings (SSSR count). The van der Waals surface area contributed by atoms with Gasteiger partial charge in [0.15, 0.2) is 6.10 Å². The van der Waals surface area contributed by atoms with Gasteiger partial charge in [-0.25, -0.2) is 4.79 Å². The third kappa shape index (κ3) is 4.73. The van der Waals surface area contributed by atoms with Gasteiger partial charge in [-0.1, -0.05) is 12.1 Å². The van der Waals surface area contributed by atoms with Crippen molar-refractivity contribution in [1.82, 2.24) is 0 Å². The van der Waals surface area contributed by atoms with Crippen LogP contribution in [0.3, 0.4) is 0 Å². The van der Waals surface area contributed by atoms with Gasteiger partial charge in [0.25, 0.3) is 5.91 Å². The summed E-state index contributed by atoms with van der Waals surface area (Å²) in [4.78, 5) is 24.6. The van der Waals surface area contributed by atoms with Crippen LogP contribution in [0.2, 0.25) is 0 Å². The number of carbonyl (C=O) groups is 2. The SMILES string of the molecule is COc1ccc(Br)c(C(=O)O[C@H](C)C(=O)Nc2ccccc2OC)c1. The minimum absolute atomic E-state index is 0.274. The van der Waals surface area contributed by atoms with Gasteiger partial charge < -0.3 is 19.5 Å². The maximum absolute atomic E-state index is 12.3. The number of para-hydroxylation sites is 2. The summed E-state index contributed by atoms with van der Waals surface area (Å²) < 4.78 is 16.1. The fourth-order valence-electron chi connectivity index (χ4n) is 2.05. The van der Waals surface area contributed by atoms with Crippen molar-refractivity contribution in [2.75, 3.05) is 19.5 Å². The number of rotatable bonds is 6. The molecule has 0 unspecified atom stereocenters. The molecule has 0 radical (unpaired) electrons. The lowest BCUT2D eigenvalue weighted by Crippen LogP contribution is -2.30. The Bertz CT molecular complexity index is 778. The summed E-state index contributed by atoms with van der Waals surface area (Å²) in [6.07, 6.45) is -0.990. The summed E-state index contributed by atoms with van der Waals surface area (Å²) in [5, 5.41) is 2.68.